The van der Waals surface area contributed by atoms with Gasteiger partial charge in [-0.15, -0.1) is 0 Å². The van der Waals surface area contributed by atoms with Crippen molar-refractivity contribution in [2.45, 2.75) is 6.54 Å². The van der Waals surface area contributed by atoms with Gasteiger partial charge >= 0.3 is 0 Å². The summed E-state index contributed by atoms with van der Waals surface area (Å²) < 4.78 is 4.67. The van der Waals surface area contributed by atoms with Crippen LogP contribution in [0.15, 0.2) is 35.2 Å². The number of anilines is 2. The van der Waals surface area contributed by atoms with Crippen LogP contribution in [0.25, 0.3) is 10.9 Å². The summed E-state index contributed by atoms with van der Waals surface area (Å²) in [5, 5.41) is 7.75. The van der Waals surface area contributed by atoms with E-state index in [2.05, 4.69) is 35.4 Å². The molecule has 96 valence electrons. The predicted molar refractivity (Wildman–Crippen MR) is 69.0 cm³/mol. The van der Waals surface area contributed by atoms with Gasteiger partial charge < -0.3 is 9.84 Å². The molecule has 0 saturated heterocycles. The second-order valence-electron chi connectivity index (χ2n) is 3.76. The summed E-state index contributed by atoms with van der Waals surface area (Å²) in [6.45, 7) is 0.404. The number of fused-ring (bicyclic) bond motifs is 1. The van der Waals surface area contributed by atoms with Crippen LogP contribution < -0.4 is 16.6 Å². The van der Waals surface area contributed by atoms with Gasteiger partial charge in [0.2, 0.25) is 12.3 Å². The molecule has 0 radical (unpaired) electrons. The van der Waals surface area contributed by atoms with Crippen molar-refractivity contribution in [3.05, 3.63) is 36.5 Å². The molecule has 19 heavy (non-hydrogen) atoms. The van der Waals surface area contributed by atoms with Gasteiger partial charge in [0.15, 0.2) is 5.82 Å². The molecule has 0 unspecified atom stereocenters. The molecule has 8 nitrogen and oxygen atoms in total. The quantitative estimate of drug-likeness (QED) is 0.466. The molecule has 0 atom stereocenters. The van der Waals surface area contributed by atoms with Crippen LogP contribution in [-0.2, 0) is 6.54 Å². The lowest BCUT2D eigenvalue weighted by molar-refractivity contribution is 0.411. The fraction of sp³-hybridized carbons (Fsp3) is 0.0909. The van der Waals surface area contributed by atoms with Crippen molar-refractivity contribution in [2.24, 2.45) is 5.84 Å². The fourth-order valence-electron chi connectivity index (χ4n) is 1.71. The number of rotatable bonds is 4. The second-order valence-corrected chi connectivity index (χ2v) is 3.76. The van der Waals surface area contributed by atoms with E-state index in [1.54, 1.807) is 0 Å². The van der Waals surface area contributed by atoms with Gasteiger partial charge in [0.05, 0.1) is 12.1 Å². The van der Waals surface area contributed by atoms with Crippen molar-refractivity contribution in [1.29, 1.82) is 0 Å². The maximum Gasteiger partial charge on any atom is 0.239 e. The van der Waals surface area contributed by atoms with E-state index < -0.39 is 0 Å². The van der Waals surface area contributed by atoms with Gasteiger partial charge in [-0.25, -0.2) is 10.8 Å². The zero-order chi connectivity index (χ0) is 13.1. The van der Waals surface area contributed by atoms with Gasteiger partial charge in [-0.05, 0) is 12.1 Å². The molecule has 3 aromatic rings. The molecule has 0 bridgehead atoms. The predicted octanol–water partition coefficient (Wildman–Crippen LogP) is 0.910. The van der Waals surface area contributed by atoms with Crippen LogP contribution in [0.3, 0.4) is 0 Å². The van der Waals surface area contributed by atoms with E-state index in [-0.39, 0.29) is 0 Å². The topological polar surface area (TPSA) is 115 Å². The van der Waals surface area contributed by atoms with Crippen LogP contribution in [0, 0.1) is 0 Å². The molecule has 1 aromatic carbocycles. The molecule has 2 heterocycles. The Labute approximate surface area is 108 Å². The van der Waals surface area contributed by atoms with Crippen LogP contribution in [0.2, 0.25) is 0 Å². The lowest BCUT2D eigenvalue weighted by Gasteiger charge is -2.08. The lowest BCUT2D eigenvalue weighted by atomic mass is 10.2. The first-order valence-corrected chi connectivity index (χ1v) is 5.59. The summed E-state index contributed by atoms with van der Waals surface area (Å²) in [6, 6.07) is 7.63. The van der Waals surface area contributed by atoms with E-state index in [9.17, 15) is 0 Å². The summed E-state index contributed by atoms with van der Waals surface area (Å²) in [4.78, 5) is 12.5. The normalized spacial score (nSPS) is 10.6. The summed E-state index contributed by atoms with van der Waals surface area (Å²) in [5.41, 5.74) is 3.23. The Kier molecular flexibility index (Phi) is 2.91. The largest absolute Gasteiger partial charge is 0.362 e. The number of nitrogens with zero attached hydrogens (tertiary/aromatic N) is 4. The third kappa shape index (κ3) is 2.29. The average molecular weight is 257 g/mol. The van der Waals surface area contributed by atoms with Crippen LogP contribution in [0.4, 0.5) is 11.8 Å². The standard InChI is InChI=1S/C11H11N7O/c12-17-11-15-8-4-2-1-3-7(8)10(16-11)13-5-9-14-6-19-18-9/h1-4,6H,5,12H2,(H2,13,15,16,17). The summed E-state index contributed by atoms with van der Waals surface area (Å²) in [7, 11) is 0. The SMILES string of the molecule is NNc1nc(NCc2ncon2)c2ccccc2n1. The number of benzene rings is 1. The highest BCUT2D eigenvalue weighted by Crippen LogP contribution is 2.21. The summed E-state index contributed by atoms with van der Waals surface area (Å²) >= 11 is 0. The van der Waals surface area contributed by atoms with E-state index in [1.165, 1.54) is 6.39 Å². The highest BCUT2D eigenvalue weighted by Gasteiger charge is 2.07. The summed E-state index contributed by atoms with van der Waals surface area (Å²) in [6.07, 6.45) is 1.28. The number of hydrazine groups is 1. The van der Waals surface area contributed by atoms with Crippen LogP contribution in [-0.4, -0.2) is 20.1 Å². The van der Waals surface area contributed by atoms with E-state index >= 15 is 0 Å². The number of nitrogens with one attached hydrogen (secondary N) is 2. The molecule has 0 aliphatic rings. The number of hydrogen-bond acceptors (Lipinski definition) is 8. The minimum Gasteiger partial charge on any atom is -0.362 e. The number of nitrogens with two attached hydrogens (primary N) is 1. The Bertz CT molecular complexity index is 683. The monoisotopic (exact) mass is 257 g/mol. The molecule has 0 amide bonds. The van der Waals surface area contributed by atoms with E-state index in [1.807, 2.05) is 24.3 Å². The van der Waals surface area contributed by atoms with Gasteiger partial charge in [0, 0.05) is 5.39 Å². The third-order valence-electron chi connectivity index (χ3n) is 2.55. The van der Waals surface area contributed by atoms with E-state index in [0.717, 1.165) is 10.9 Å². The summed E-state index contributed by atoms with van der Waals surface area (Å²) in [5.74, 6) is 6.90. The third-order valence-corrected chi connectivity index (χ3v) is 2.55. The lowest BCUT2D eigenvalue weighted by Crippen LogP contribution is -2.12. The van der Waals surface area contributed by atoms with Gasteiger partial charge in [-0.2, -0.15) is 9.97 Å². The number of aromatic nitrogens is 4. The molecule has 0 fully saturated rings. The molecule has 0 saturated carbocycles. The van der Waals surface area contributed by atoms with Crippen molar-refractivity contribution in [3.63, 3.8) is 0 Å². The van der Waals surface area contributed by atoms with Crippen molar-refractivity contribution in [1.82, 2.24) is 20.1 Å². The Morgan fingerprint density at radius 2 is 2.11 bits per heavy atom. The number of para-hydroxylation sites is 1. The zero-order valence-electron chi connectivity index (χ0n) is 9.87. The molecule has 3 rings (SSSR count). The molecular formula is C11H11N7O. The fourth-order valence-corrected chi connectivity index (χ4v) is 1.71. The first kappa shape index (κ1) is 11.4. The number of hydrogen-bond donors (Lipinski definition) is 3. The average Bonchev–Trinajstić information content (AvgIpc) is 2.97. The van der Waals surface area contributed by atoms with Gasteiger partial charge in [-0.3, -0.25) is 5.43 Å². The highest BCUT2D eigenvalue weighted by molar-refractivity contribution is 5.89. The minimum absolute atomic E-state index is 0.342. The van der Waals surface area contributed by atoms with Crippen molar-refractivity contribution in [3.8, 4) is 0 Å². The smallest absolute Gasteiger partial charge is 0.239 e. The molecular weight excluding hydrogens is 246 g/mol. The van der Waals surface area contributed by atoms with Crippen molar-refractivity contribution >= 4 is 22.7 Å². The molecule has 0 spiro atoms. The first-order chi connectivity index (χ1) is 9.36. The Balaban J connectivity index is 1.96. The van der Waals surface area contributed by atoms with Crippen LogP contribution in [0.5, 0.6) is 0 Å². The Morgan fingerprint density at radius 3 is 2.89 bits per heavy atom. The zero-order valence-corrected chi connectivity index (χ0v) is 9.87. The molecule has 8 heteroatoms. The first-order valence-electron chi connectivity index (χ1n) is 5.59. The maximum atomic E-state index is 5.36. The van der Waals surface area contributed by atoms with E-state index in [0.29, 0.717) is 24.1 Å². The van der Waals surface area contributed by atoms with Crippen molar-refractivity contribution in [2.75, 3.05) is 10.7 Å². The van der Waals surface area contributed by atoms with Gasteiger partial charge in [0.25, 0.3) is 0 Å². The van der Waals surface area contributed by atoms with Gasteiger partial charge in [0.1, 0.15) is 5.82 Å². The molecule has 0 aliphatic heterocycles. The molecule has 4 N–H and O–H groups in total. The molecule has 0 aliphatic carbocycles. The van der Waals surface area contributed by atoms with Gasteiger partial charge in [-0.1, -0.05) is 17.3 Å². The molecule has 2 aromatic heterocycles. The van der Waals surface area contributed by atoms with Crippen LogP contribution >= 0.6 is 0 Å². The number of nitrogen functional groups attached to an aromatic ring is 1. The minimum atomic E-state index is 0.342. The van der Waals surface area contributed by atoms with E-state index in [4.69, 9.17) is 5.84 Å². The Hall–Kier alpha value is -2.74. The Morgan fingerprint density at radius 1 is 1.21 bits per heavy atom. The maximum absolute atomic E-state index is 5.36. The van der Waals surface area contributed by atoms with Crippen molar-refractivity contribution < 1.29 is 4.52 Å². The second kappa shape index (κ2) is 4.86. The van der Waals surface area contributed by atoms with Crippen LogP contribution in [0.1, 0.15) is 5.82 Å². The highest BCUT2D eigenvalue weighted by atomic mass is 16.5.